The minimum absolute atomic E-state index is 0.0476. The van der Waals surface area contributed by atoms with Gasteiger partial charge < -0.3 is 9.88 Å². The van der Waals surface area contributed by atoms with Crippen LogP contribution in [0.25, 0.3) is 10.9 Å². The van der Waals surface area contributed by atoms with Gasteiger partial charge in [-0.15, -0.1) is 0 Å². The summed E-state index contributed by atoms with van der Waals surface area (Å²) in [6.45, 7) is 0. The van der Waals surface area contributed by atoms with E-state index in [0.717, 1.165) is 22.7 Å². The van der Waals surface area contributed by atoms with Crippen LogP contribution in [0.1, 0.15) is 5.56 Å². The Balaban J connectivity index is 1.74. The van der Waals surface area contributed by atoms with Crippen molar-refractivity contribution in [3.63, 3.8) is 0 Å². The van der Waals surface area contributed by atoms with Crippen LogP contribution in [-0.2, 0) is 21.2 Å². The highest BCUT2D eigenvalue weighted by molar-refractivity contribution is 7.92. The van der Waals surface area contributed by atoms with Crippen molar-refractivity contribution in [2.75, 3.05) is 22.9 Å². The lowest BCUT2D eigenvalue weighted by molar-refractivity contribution is -0.117. The molecule has 0 fully saturated rings. The van der Waals surface area contributed by atoms with E-state index >= 15 is 0 Å². The average molecular weight is 357 g/mol. The highest BCUT2D eigenvalue weighted by Gasteiger charge is 2.14. The fraction of sp³-hybridized carbons (Fsp3) is 0.167. The van der Waals surface area contributed by atoms with Crippen LogP contribution in [-0.4, -0.2) is 32.6 Å². The Bertz CT molecular complexity index is 1010. The zero-order valence-corrected chi connectivity index (χ0v) is 14.8. The Labute approximate surface area is 146 Å². The van der Waals surface area contributed by atoms with Crippen molar-refractivity contribution in [3.05, 3.63) is 60.3 Å². The highest BCUT2D eigenvalue weighted by atomic mass is 32.2. The molecule has 0 saturated heterocycles. The molecule has 7 heteroatoms. The van der Waals surface area contributed by atoms with E-state index < -0.39 is 10.0 Å². The van der Waals surface area contributed by atoms with Crippen LogP contribution >= 0.6 is 0 Å². The van der Waals surface area contributed by atoms with E-state index in [0.29, 0.717) is 11.4 Å². The fourth-order valence-corrected chi connectivity index (χ4v) is 3.23. The maximum Gasteiger partial charge on any atom is 0.231 e. The molecule has 1 heterocycles. The third-order valence-electron chi connectivity index (χ3n) is 3.95. The molecule has 6 nitrogen and oxygen atoms in total. The molecule has 0 aliphatic carbocycles. The number of H-pyrrole nitrogens is 1. The van der Waals surface area contributed by atoms with Crippen LogP contribution in [0.4, 0.5) is 11.4 Å². The molecule has 0 aliphatic heterocycles. The van der Waals surface area contributed by atoms with Crippen molar-refractivity contribution >= 4 is 38.2 Å². The van der Waals surface area contributed by atoms with Crippen LogP contribution in [0.3, 0.4) is 0 Å². The molecule has 3 rings (SSSR count). The van der Waals surface area contributed by atoms with Crippen molar-refractivity contribution in [1.82, 2.24) is 4.98 Å². The van der Waals surface area contributed by atoms with Gasteiger partial charge in [0.1, 0.15) is 0 Å². The molecule has 0 spiro atoms. The summed E-state index contributed by atoms with van der Waals surface area (Å²) in [5.41, 5.74) is 3.11. The van der Waals surface area contributed by atoms with Crippen molar-refractivity contribution in [2.24, 2.45) is 0 Å². The van der Waals surface area contributed by atoms with Gasteiger partial charge in [-0.2, -0.15) is 0 Å². The van der Waals surface area contributed by atoms with Gasteiger partial charge >= 0.3 is 0 Å². The lowest BCUT2D eigenvalue weighted by atomic mass is 10.1. The molecule has 2 N–H and O–H groups in total. The predicted octanol–water partition coefficient (Wildman–Crippen LogP) is 2.74. The number of fused-ring (bicyclic) bond motifs is 1. The zero-order valence-electron chi connectivity index (χ0n) is 14.0. The molecule has 1 amide bonds. The molecule has 0 unspecified atom stereocenters. The number of anilines is 2. The Kier molecular flexibility index (Phi) is 4.50. The summed E-state index contributed by atoms with van der Waals surface area (Å²) in [7, 11) is -1.61. The number of rotatable bonds is 5. The summed E-state index contributed by atoms with van der Waals surface area (Å²) >= 11 is 0. The molecule has 25 heavy (non-hydrogen) atoms. The number of nitrogens with zero attached hydrogens (tertiary/aromatic N) is 1. The summed E-state index contributed by atoms with van der Waals surface area (Å²) in [5.74, 6) is -0.0476. The van der Waals surface area contributed by atoms with E-state index in [1.807, 2.05) is 30.5 Å². The molecule has 2 aromatic carbocycles. The van der Waals surface area contributed by atoms with E-state index in [4.69, 9.17) is 0 Å². The van der Waals surface area contributed by atoms with Gasteiger partial charge in [0.2, 0.25) is 15.9 Å². The second-order valence-electron chi connectivity index (χ2n) is 5.91. The molecule has 0 bridgehead atoms. The monoisotopic (exact) mass is 357 g/mol. The van der Waals surface area contributed by atoms with Gasteiger partial charge in [-0.05, 0) is 35.9 Å². The Morgan fingerprint density at radius 3 is 2.48 bits per heavy atom. The number of benzene rings is 2. The minimum atomic E-state index is -3.32. The number of hydrogen-bond donors (Lipinski definition) is 2. The van der Waals surface area contributed by atoms with Crippen LogP contribution in [0.15, 0.2) is 54.7 Å². The third kappa shape index (κ3) is 4.00. The van der Waals surface area contributed by atoms with Gasteiger partial charge in [0.25, 0.3) is 0 Å². The van der Waals surface area contributed by atoms with Gasteiger partial charge in [-0.25, -0.2) is 8.42 Å². The van der Waals surface area contributed by atoms with Crippen molar-refractivity contribution in [3.8, 4) is 0 Å². The van der Waals surface area contributed by atoms with Crippen LogP contribution in [0, 0.1) is 0 Å². The Morgan fingerprint density at radius 1 is 1.12 bits per heavy atom. The SMILES string of the molecule is CN(C(=O)Cc1c[nH]c2ccccc12)c1ccc(NS(C)(=O)=O)cc1. The maximum absolute atomic E-state index is 12.6. The zero-order chi connectivity index (χ0) is 18.0. The summed E-state index contributed by atoms with van der Waals surface area (Å²) < 4.78 is 24.9. The standard InChI is InChI=1S/C18H19N3O3S/c1-21(15-9-7-14(8-10-15)20-25(2,23)24)18(22)11-13-12-19-17-6-4-3-5-16(13)17/h3-10,12,19-20H,11H2,1-2H3. The van der Waals surface area contributed by atoms with E-state index in [1.54, 1.807) is 36.2 Å². The smallest absolute Gasteiger partial charge is 0.231 e. The van der Waals surface area contributed by atoms with Crippen molar-refractivity contribution in [2.45, 2.75) is 6.42 Å². The Hall–Kier alpha value is -2.80. The topological polar surface area (TPSA) is 82.3 Å². The molecule has 3 aromatic rings. The lowest BCUT2D eigenvalue weighted by Gasteiger charge is -2.17. The first kappa shape index (κ1) is 17.0. The maximum atomic E-state index is 12.6. The normalized spacial score (nSPS) is 11.4. The fourth-order valence-electron chi connectivity index (χ4n) is 2.67. The average Bonchev–Trinajstić information content (AvgIpc) is 2.96. The molecule has 0 aliphatic rings. The number of sulfonamides is 1. The highest BCUT2D eigenvalue weighted by Crippen LogP contribution is 2.21. The summed E-state index contributed by atoms with van der Waals surface area (Å²) in [4.78, 5) is 17.3. The number of para-hydroxylation sites is 1. The number of amides is 1. The number of hydrogen-bond acceptors (Lipinski definition) is 3. The van der Waals surface area contributed by atoms with Gasteiger partial charge in [0.15, 0.2) is 0 Å². The number of aromatic amines is 1. The number of carbonyl (C=O) groups excluding carboxylic acids is 1. The second kappa shape index (κ2) is 6.60. The molecule has 1 aromatic heterocycles. The van der Waals surface area contributed by atoms with E-state index in [9.17, 15) is 13.2 Å². The third-order valence-corrected chi connectivity index (χ3v) is 4.56. The summed E-state index contributed by atoms with van der Waals surface area (Å²) in [6.07, 6.45) is 3.23. The van der Waals surface area contributed by atoms with E-state index in [1.165, 1.54) is 0 Å². The number of likely N-dealkylation sites (N-methyl/N-ethyl adjacent to an activating group) is 1. The first-order valence-corrected chi connectivity index (χ1v) is 9.62. The molecular weight excluding hydrogens is 338 g/mol. The van der Waals surface area contributed by atoms with Gasteiger partial charge in [-0.3, -0.25) is 9.52 Å². The first-order valence-electron chi connectivity index (χ1n) is 7.73. The summed E-state index contributed by atoms with van der Waals surface area (Å²) in [6, 6.07) is 14.5. The summed E-state index contributed by atoms with van der Waals surface area (Å²) in [5, 5.41) is 1.04. The predicted molar refractivity (Wildman–Crippen MR) is 100 cm³/mol. The van der Waals surface area contributed by atoms with Crippen LogP contribution < -0.4 is 9.62 Å². The quantitative estimate of drug-likeness (QED) is 0.737. The first-order chi connectivity index (χ1) is 11.8. The number of nitrogens with one attached hydrogen (secondary N) is 2. The van der Waals surface area contributed by atoms with Crippen LogP contribution in [0.2, 0.25) is 0 Å². The van der Waals surface area contributed by atoms with Crippen molar-refractivity contribution in [1.29, 1.82) is 0 Å². The Morgan fingerprint density at radius 2 is 1.80 bits per heavy atom. The van der Waals surface area contributed by atoms with E-state index in [2.05, 4.69) is 9.71 Å². The largest absolute Gasteiger partial charge is 0.361 e. The van der Waals surface area contributed by atoms with Crippen molar-refractivity contribution < 1.29 is 13.2 Å². The molecule has 130 valence electrons. The van der Waals surface area contributed by atoms with Gasteiger partial charge in [0, 0.05) is 35.5 Å². The van der Waals surface area contributed by atoms with Gasteiger partial charge in [0.05, 0.1) is 12.7 Å². The molecule has 0 saturated carbocycles. The lowest BCUT2D eigenvalue weighted by Crippen LogP contribution is -2.27. The molecule has 0 atom stereocenters. The number of carbonyl (C=O) groups is 1. The van der Waals surface area contributed by atoms with Crippen LogP contribution in [0.5, 0.6) is 0 Å². The molecular formula is C18H19N3O3S. The van der Waals surface area contributed by atoms with E-state index in [-0.39, 0.29) is 12.3 Å². The second-order valence-corrected chi connectivity index (χ2v) is 7.66. The van der Waals surface area contributed by atoms with Gasteiger partial charge in [-0.1, -0.05) is 18.2 Å². The molecule has 0 radical (unpaired) electrons. The minimum Gasteiger partial charge on any atom is -0.361 e. The number of aromatic nitrogens is 1.